The third kappa shape index (κ3) is 2.70. The van der Waals surface area contributed by atoms with Gasteiger partial charge in [-0.05, 0) is 12.0 Å². The van der Waals surface area contributed by atoms with Crippen LogP contribution in [0, 0.1) is 17.2 Å². The van der Waals surface area contributed by atoms with Crippen molar-refractivity contribution in [3.63, 3.8) is 0 Å². The summed E-state index contributed by atoms with van der Waals surface area (Å²) in [5.41, 5.74) is 0.990. The lowest BCUT2D eigenvalue weighted by molar-refractivity contribution is -0.110. The predicted octanol–water partition coefficient (Wildman–Crippen LogP) is 2.52. The minimum Gasteiger partial charge on any atom is -0.303 e. The van der Waals surface area contributed by atoms with Crippen LogP contribution in [-0.4, -0.2) is 6.29 Å². The Labute approximate surface area is 84.2 Å². The maximum Gasteiger partial charge on any atom is 0.122 e. The van der Waals surface area contributed by atoms with Gasteiger partial charge in [0.25, 0.3) is 0 Å². The van der Waals surface area contributed by atoms with Crippen molar-refractivity contribution in [3.05, 3.63) is 35.9 Å². The van der Waals surface area contributed by atoms with Crippen molar-refractivity contribution in [1.82, 2.24) is 0 Å². The van der Waals surface area contributed by atoms with Gasteiger partial charge in [-0.3, -0.25) is 0 Å². The number of nitrogens with zero attached hydrogens (tertiary/aromatic N) is 1. The molecule has 0 radical (unpaired) electrons. The number of hydrogen-bond acceptors (Lipinski definition) is 2. The van der Waals surface area contributed by atoms with Gasteiger partial charge in [0.15, 0.2) is 0 Å². The Bertz CT molecular complexity index is 326. The summed E-state index contributed by atoms with van der Waals surface area (Å²) in [6, 6.07) is 11.8. The fourth-order valence-corrected chi connectivity index (χ4v) is 1.38. The number of benzene rings is 1. The second-order valence-electron chi connectivity index (χ2n) is 3.44. The summed E-state index contributed by atoms with van der Waals surface area (Å²) in [6.07, 6.45) is 1.50. The van der Waals surface area contributed by atoms with Gasteiger partial charge in [-0.15, -0.1) is 0 Å². The molecule has 72 valence electrons. The molecule has 1 rings (SSSR count). The molecule has 0 spiro atoms. The Hall–Kier alpha value is -1.62. The molecule has 0 N–H and O–H groups in total. The highest BCUT2D eigenvalue weighted by Gasteiger charge is 2.13. The first kappa shape index (κ1) is 10.5. The monoisotopic (exact) mass is 187 g/mol. The smallest absolute Gasteiger partial charge is 0.122 e. The Morgan fingerprint density at radius 2 is 2.07 bits per heavy atom. The quantitative estimate of drug-likeness (QED) is 0.679. The standard InChI is InChI=1S/C12H13NO/c1-10(9-14)7-12(8-13)11-5-3-2-4-6-11/h2-6,9-10,12H,7H2,1H3. The van der Waals surface area contributed by atoms with Gasteiger partial charge < -0.3 is 4.79 Å². The van der Waals surface area contributed by atoms with E-state index in [1.807, 2.05) is 37.3 Å². The van der Waals surface area contributed by atoms with Crippen LogP contribution < -0.4 is 0 Å². The van der Waals surface area contributed by atoms with E-state index in [4.69, 9.17) is 5.26 Å². The van der Waals surface area contributed by atoms with Gasteiger partial charge in [0, 0.05) is 5.92 Å². The summed E-state index contributed by atoms with van der Waals surface area (Å²) >= 11 is 0. The Morgan fingerprint density at radius 1 is 1.43 bits per heavy atom. The van der Waals surface area contributed by atoms with Crippen molar-refractivity contribution in [2.75, 3.05) is 0 Å². The van der Waals surface area contributed by atoms with E-state index in [-0.39, 0.29) is 11.8 Å². The highest BCUT2D eigenvalue weighted by Crippen LogP contribution is 2.21. The van der Waals surface area contributed by atoms with Crippen LogP contribution in [-0.2, 0) is 4.79 Å². The van der Waals surface area contributed by atoms with Crippen LogP contribution in [0.4, 0.5) is 0 Å². The van der Waals surface area contributed by atoms with Gasteiger partial charge in [0.1, 0.15) is 6.29 Å². The molecule has 2 nitrogen and oxygen atoms in total. The average Bonchev–Trinajstić information content (AvgIpc) is 2.26. The summed E-state index contributed by atoms with van der Waals surface area (Å²) in [6.45, 7) is 1.83. The van der Waals surface area contributed by atoms with E-state index in [0.29, 0.717) is 6.42 Å². The fraction of sp³-hybridized carbons (Fsp3) is 0.333. The molecule has 0 bridgehead atoms. The highest BCUT2D eigenvalue weighted by molar-refractivity contribution is 5.53. The summed E-state index contributed by atoms with van der Waals surface area (Å²) < 4.78 is 0. The normalized spacial score (nSPS) is 14.0. The summed E-state index contributed by atoms with van der Waals surface area (Å²) in [5.74, 6) is -0.226. The van der Waals surface area contributed by atoms with E-state index in [0.717, 1.165) is 11.8 Å². The number of rotatable bonds is 4. The zero-order chi connectivity index (χ0) is 10.4. The van der Waals surface area contributed by atoms with Crippen LogP contribution in [0.2, 0.25) is 0 Å². The Balaban J connectivity index is 2.74. The first-order valence-electron chi connectivity index (χ1n) is 4.67. The second-order valence-corrected chi connectivity index (χ2v) is 3.44. The molecule has 1 aromatic rings. The molecule has 0 saturated heterocycles. The summed E-state index contributed by atoms with van der Waals surface area (Å²) in [5, 5.41) is 8.96. The van der Waals surface area contributed by atoms with E-state index in [1.165, 1.54) is 0 Å². The Kier molecular flexibility index (Phi) is 3.87. The maximum atomic E-state index is 10.5. The van der Waals surface area contributed by atoms with Gasteiger partial charge in [-0.2, -0.15) is 5.26 Å². The highest BCUT2D eigenvalue weighted by atomic mass is 16.1. The predicted molar refractivity (Wildman–Crippen MR) is 54.6 cm³/mol. The molecule has 2 atom stereocenters. The number of carbonyl (C=O) groups is 1. The SMILES string of the molecule is CC(C=O)CC(C#N)c1ccccc1. The molecular weight excluding hydrogens is 174 g/mol. The van der Waals surface area contributed by atoms with Crippen LogP contribution in [0.5, 0.6) is 0 Å². The zero-order valence-corrected chi connectivity index (χ0v) is 8.18. The van der Waals surface area contributed by atoms with E-state index in [2.05, 4.69) is 6.07 Å². The molecule has 0 aliphatic rings. The molecule has 14 heavy (non-hydrogen) atoms. The first-order chi connectivity index (χ1) is 6.77. The van der Waals surface area contributed by atoms with Crippen molar-refractivity contribution in [1.29, 1.82) is 5.26 Å². The third-order valence-electron chi connectivity index (χ3n) is 2.20. The number of nitriles is 1. The molecule has 2 heteroatoms. The third-order valence-corrected chi connectivity index (χ3v) is 2.20. The number of aldehydes is 1. The molecule has 0 aliphatic heterocycles. The molecule has 0 fully saturated rings. The minimum atomic E-state index is -0.170. The van der Waals surface area contributed by atoms with Crippen molar-refractivity contribution < 1.29 is 4.79 Å². The average molecular weight is 187 g/mol. The summed E-state index contributed by atoms with van der Waals surface area (Å²) in [4.78, 5) is 10.5. The summed E-state index contributed by atoms with van der Waals surface area (Å²) in [7, 11) is 0. The van der Waals surface area contributed by atoms with Crippen LogP contribution in [0.1, 0.15) is 24.8 Å². The van der Waals surface area contributed by atoms with Gasteiger partial charge >= 0.3 is 0 Å². The van der Waals surface area contributed by atoms with Crippen molar-refractivity contribution in [3.8, 4) is 6.07 Å². The van der Waals surface area contributed by atoms with E-state index >= 15 is 0 Å². The molecule has 1 aromatic carbocycles. The minimum absolute atomic E-state index is 0.0557. The van der Waals surface area contributed by atoms with E-state index in [1.54, 1.807) is 0 Å². The van der Waals surface area contributed by atoms with E-state index in [9.17, 15) is 4.79 Å². The number of hydrogen-bond donors (Lipinski definition) is 0. The van der Waals surface area contributed by atoms with Gasteiger partial charge in [-0.1, -0.05) is 37.3 Å². The molecule has 0 aliphatic carbocycles. The zero-order valence-electron chi connectivity index (χ0n) is 8.18. The first-order valence-corrected chi connectivity index (χ1v) is 4.67. The van der Waals surface area contributed by atoms with Crippen molar-refractivity contribution in [2.45, 2.75) is 19.3 Å². The lowest BCUT2D eigenvalue weighted by atomic mass is 9.91. The Morgan fingerprint density at radius 3 is 2.57 bits per heavy atom. The maximum absolute atomic E-state index is 10.5. The fourth-order valence-electron chi connectivity index (χ4n) is 1.38. The second kappa shape index (κ2) is 5.18. The van der Waals surface area contributed by atoms with Crippen molar-refractivity contribution >= 4 is 6.29 Å². The topological polar surface area (TPSA) is 40.9 Å². The van der Waals surface area contributed by atoms with Gasteiger partial charge in [0.05, 0.1) is 12.0 Å². The number of carbonyl (C=O) groups excluding carboxylic acids is 1. The van der Waals surface area contributed by atoms with Crippen LogP contribution >= 0.6 is 0 Å². The largest absolute Gasteiger partial charge is 0.303 e. The van der Waals surface area contributed by atoms with E-state index < -0.39 is 0 Å². The molecular formula is C12H13NO. The van der Waals surface area contributed by atoms with Crippen molar-refractivity contribution in [2.24, 2.45) is 5.92 Å². The van der Waals surface area contributed by atoms with Crippen LogP contribution in [0.25, 0.3) is 0 Å². The molecule has 0 amide bonds. The molecule has 2 unspecified atom stereocenters. The lowest BCUT2D eigenvalue weighted by Crippen LogP contribution is -2.04. The van der Waals surface area contributed by atoms with Crippen LogP contribution in [0.15, 0.2) is 30.3 Å². The molecule has 0 saturated carbocycles. The van der Waals surface area contributed by atoms with Crippen LogP contribution in [0.3, 0.4) is 0 Å². The molecule has 0 aromatic heterocycles. The lowest BCUT2D eigenvalue weighted by Gasteiger charge is -2.10. The van der Waals surface area contributed by atoms with Gasteiger partial charge in [0.2, 0.25) is 0 Å². The molecule has 0 heterocycles. The van der Waals surface area contributed by atoms with Gasteiger partial charge in [-0.25, -0.2) is 0 Å².